The molecule has 0 fully saturated rings. The van der Waals surface area contributed by atoms with Crippen molar-refractivity contribution in [2.75, 3.05) is 26.4 Å². The Morgan fingerprint density at radius 1 is 0.542 bits per heavy atom. The lowest BCUT2D eigenvalue weighted by molar-refractivity contribution is -0.161. The van der Waals surface area contributed by atoms with Crippen LogP contribution in [0, 0.1) is 0 Å². The van der Waals surface area contributed by atoms with Gasteiger partial charge in [-0.05, 0) is 12.8 Å². The molecule has 9 nitrogen and oxygen atoms in total. The van der Waals surface area contributed by atoms with Crippen molar-refractivity contribution in [1.82, 2.24) is 0 Å². The first-order valence-electron chi connectivity index (χ1n) is 20.0. The summed E-state index contributed by atoms with van der Waals surface area (Å²) in [5.74, 6) is -0.818. The third-order valence-electron chi connectivity index (χ3n) is 8.74. The van der Waals surface area contributed by atoms with Crippen LogP contribution < -0.4 is 5.73 Å². The number of unbranched alkanes of at least 4 members (excludes halogenated alkanes) is 25. The van der Waals surface area contributed by atoms with Crippen LogP contribution in [0.1, 0.15) is 200 Å². The average molecular weight is 706 g/mol. The molecule has 1 unspecified atom stereocenters. The highest BCUT2D eigenvalue weighted by Gasteiger charge is 2.26. The highest BCUT2D eigenvalue weighted by Crippen LogP contribution is 2.43. The van der Waals surface area contributed by atoms with E-state index in [0.717, 1.165) is 32.1 Å². The lowest BCUT2D eigenvalue weighted by Gasteiger charge is -2.19. The number of esters is 2. The van der Waals surface area contributed by atoms with Gasteiger partial charge in [-0.3, -0.25) is 18.6 Å². The van der Waals surface area contributed by atoms with E-state index in [1.807, 2.05) is 0 Å². The van der Waals surface area contributed by atoms with Crippen LogP contribution in [-0.2, 0) is 32.7 Å². The van der Waals surface area contributed by atoms with Crippen LogP contribution in [0.3, 0.4) is 0 Å². The Balaban J connectivity index is 4.10. The van der Waals surface area contributed by atoms with Crippen LogP contribution in [0.5, 0.6) is 0 Å². The van der Waals surface area contributed by atoms with E-state index in [0.29, 0.717) is 6.42 Å². The van der Waals surface area contributed by atoms with Crippen molar-refractivity contribution < 1.29 is 37.6 Å². The SMILES string of the molecule is CCCCCCCCCCCCCCCCCCCC(=O)OC[C@@H](COP(=O)(O)OCCN)OC(=O)CCCCCCCCCCCC. The maximum Gasteiger partial charge on any atom is 0.472 e. The number of phosphoric ester groups is 1. The summed E-state index contributed by atoms with van der Waals surface area (Å²) in [6, 6.07) is 0. The smallest absolute Gasteiger partial charge is 0.462 e. The second-order valence-electron chi connectivity index (χ2n) is 13.5. The van der Waals surface area contributed by atoms with Gasteiger partial charge in [-0.25, -0.2) is 4.57 Å². The largest absolute Gasteiger partial charge is 0.472 e. The molecule has 0 aliphatic carbocycles. The molecule has 0 aliphatic rings. The van der Waals surface area contributed by atoms with Crippen LogP contribution >= 0.6 is 7.82 Å². The molecule has 0 bridgehead atoms. The van der Waals surface area contributed by atoms with E-state index >= 15 is 0 Å². The average Bonchev–Trinajstić information content (AvgIpc) is 3.07. The minimum absolute atomic E-state index is 0.0577. The van der Waals surface area contributed by atoms with Gasteiger partial charge in [0.15, 0.2) is 6.10 Å². The second-order valence-corrected chi connectivity index (χ2v) is 15.0. The second kappa shape index (κ2) is 35.8. The first-order chi connectivity index (χ1) is 23.3. The number of nitrogens with two attached hydrogens (primary N) is 1. The van der Waals surface area contributed by atoms with Crippen molar-refractivity contribution in [3.05, 3.63) is 0 Å². The zero-order valence-electron chi connectivity index (χ0n) is 31.2. The highest BCUT2D eigenvalue weighted by molar-refractivity contribution is 7.47. The number of phosphoric acid groups is 1. The van der Waals surface area contributed by atoms with Crippen LogP contribution in [0.25, 0.3) is 0 Å². The van der Waals surface area contributed by atoms with Crippen LogP contribution in [0.4, 0.5) is 0 Å². The fraction of sp³-hybridized carbons (Fsp3) is 0.947. The summed E-state index contributed by atoms with van der Waals surface area (Å²) in [7, 11) is -4.36. The van der Waals surface area contributed by atoms with Crippen molar-refractivity contribution in [3.63, 3.8) is 0 Å². The number of ether oxygens (including phenoxy) is 2. The molecule has 3 N–H and O–H groups in total. The summed E-state index contributed by atoms with van der Waals surface area (Å²) < 4.78 is 32.6. The molecule has 2 atom stereocenters. The quantitative estimate of drug-likeness (QED) is 0.0365. The van der Waals surface area contributed by atoms with Gasteiger partial charge in [-0.1, -0.05) is 174 Å². The molecule has 0 aliphatic heterocycles. The van der Waals surface area contributed by atoms with E-state index in [2.05, 4.69) is 13.8 Å². The maximum absolute atomic E-state index is 12.5. The van der Waals surface area contributed by atoms with E-state index in [-0.39, 0.29) is 38.6 Å². The van der Waals surface area contributed by atoms with Gasteiger partial charge in [0.25, 0.3) is 0 Å². The summed E-state index contributed by atoms with van der Waals surface area (Å²) in [6.45, 7) is 3.74. The summed E-state index contributed by atoms with van der Waals surface area (Å²) >= 11 is 0. The lowest BCUT2D eigenvalue weighted by atomic mass is 10.0. The third-order valence-corrected chi connectivity index (χ3v) is 9.73. The van der Waals surface area contributed by atoms with Crippen molar-refractivity contribution >= 4 is 19.8 Å². The monoisotopic (exact) mass is 706 g/mol. The predicted molar refractivity (Wildman–Crippen MR) is 197 cm³/mol. The minimum atomic E-state index is -4.36. The van der Waals surface area contributed by atoms with Crippen molar-refractivity contribution in [1.29, 1.82) is 0 Å². The molecule has 10 heteroatoms. The fourth-order valence-corrected chi connectivity index (χ4v) is 6.52. The van der Waals surface area contributed by atoms with Gasteiger partial charge >= 0.3 is 19.8 Å². The van der Waals surface area contributed by atoms with Crippen LogP contribution in [0.15, 0.2) is 0 Å². The molecule has 0 aromatic carbocycles. The lowest BCUT2D eigenvalue weighted by Crippen LogP contribution is -2.29. The molecule has 0 aromatic heterocycles. The Morgan fingerprint density at radius 2 is 0.896 bits per heavy atom. The van der Waals surface area contributed by atoms with Gasteiger partial charge in [-0.15, -0.1) is 0 Å². The van der Waals surface area contributed by atoms with E-state index in [4.69, 9.17) is 24.3 Å². The molecule has 0 saturated heterocycles. The van der Waals surface area contributed by atoms with E-state index in [9.17, 15) is 19.0 Å². The normalized spacial score (nSPS) is 13.3. The van der Waals surface area contributed by atoms with Gasteiger partial charge in [0.1, 0.15) is 6.61 Å². The number of hydrogen-bond acceptors (Lipinski definition) is 8. The molecular formula is C38H76NO8P. The number of hydrogen-bond donors (Lipinski definition) is 2. The Bertz CT molecular complexity index is 769. The molecule has 0 heterocycles. The molecule has 0 saturated carbocycles. The van der Waals surface area contributed by atoms with Crippen molar-refractivity contribution in [3.8, 4) is 0 Å². The summed E-state index contributed by atoms with van der Waals surface area (Å²) in [5.41, 5.74) is 5.33. The van der Waals surface area contributed by atoms with Gasteiger partial charge in [0.05, 0.1) is 13.2 Å². The molecule has 48 heavy (non-hydrogen) atoms. The standard InChI is InChI=1S/C38H76NO8P/c1-3-5-7-9-11-13-15-16-17-18-19-20-21-23-24-26-28-30-37(40)44-34-36(35-46-48(42,43)45-33-32-39)47-38(41)31-29-27-25-22-14-12-10-8-6-4-2/h36H,3-35,39H2,1-2H3,(H,42,43)/t36-/m0/s1. The van der Waals surface area contributed by atoms with Crippen LogP contribution in [-0.4, -0.2) is 49.3 Å². The zero-order valence-corrected chi connectivity index (χ0v) is 32.1. The first-order valence-corrected chi connectivity index (χ1v) is 21.5. The Hall–Kier alpha value is -0.990. The molecule has 0 spiro atoms. The summed E-state index contributed by atoms with van der Waals surface area (Å²) in [4.78, 5) is 34.7. The van der Waals surface area contributed by atoms with Gasteiger partial charge in [-0.2, -0.15) is 0 Å². The third kappa shape index (κ3) is 34.9. The van der Waals surface area contributed by atoms with Gasteiger partial charge in [0.2, 0.25) is 0 Å². The van der Waals surface area contributed by atoms with Gasteiger partial charge < -0.3 is 20.1 Å². The number of carbonyl (C=O) groups is 2. The minimum Gasteiger partial charge on any atom is -0.462 e. The molecule has 0 aromatic rings. The number of carbonyl (C=O) groups excluding carboxylic acids is 2. The molecular weight excluding hydrogens is 629 g/mol. The van der Waals surface area contributed by atoms with Crippen molar-refractivity contribution in [2.45, 2.75) is 206 Å². The van der Waals surface area contributed by atoms with E-state index in [1.165, 1.54) is 135 Å². The zero-order chi connectivity index (χ0) is 35.4. The highest BCUT2D eigenvalue weighted by atomic mass is 31.2. The molecule has 0 radical (unpaired) electrons. The van der Waals surface area contributed by atoms with E-state index < -0.39 is 26.5 Å². The predicted octanol–water partition coefficient (Wildman–Crippen LogP) is 10.9. The molecule has 286 valence electrons. The fourth-order valence-electron chi connectivity index (χ4n) is 5.75. The Morgan fingerprint density at radius 3 is 1.27 bits per heavy atom. The summed E-state index contributed by atoms with van der Waals surface area (Å²) in [6.07, 6.45) is 32.8. The molecule has 0 amide bonds. The van der Waals surface area contributed by atoms with Crippen molar-refractivity contribution in [2.24, 2.45) is 5.73 Å². The first kappa shape index (κ1) is 47.0. The Labute approximate surface area is 295 Å². The van der Waals surface area contributed by atoms with Gasteiger partial charge in [0, 0.05) is 19.4 Å². The Kier molecular flexibility index (Phi) is 35.1. The topological polar surface area (TPSA) is 134 Å². The van der Waals surface area contributed by atoms with E-state index in [1.54, 1.807) is 0 Å². The van der Waals surface area contributed by atoms with Crippen LogP contribution in [0.2, 0.25) is 0 Å². The molecule has 0 rings (SSSR count). The summed E-state index contributed by atoms with van der Waals surface area (Å²) in [5, 5.41) is 0. The maximum atomic E-state index is 12.5. The number of rotatable bonds is 38.